The second-order valence-corrected chi connectivity index (χ2v) is 20.2. The third-order valence-corrected chi connectivity index (χ3v) is 13.9. The molecule has 83 heavy (non-hydrogen) atoms. The number of hydrogen-bond donors (Lipinski definition) is 9. The number of hydrogen-bond acceptors (Lipinski definition) is 17. The van der Waals surface area contributed by atoms with Crippen LogP contribution < -0.4 is 69.3 Å². The van der Waals surface area contributed by atoms with Gasteiger partial charge in [-0.2, -0.15) is 0 Å². The smallest absolute Gasteiger partial charge is 0.255 e. The average molecular weight is 1150 g/mol. The van der Waals surface area contributed by atoms with E-state index in [4.69, 9.17) is 53.3 Å². The van der Waals surface area contributed by atoms with Crippen LogP contribution in [-0.2, 0) is 38.4 Å². The molecule has 21 heteroatoms. The van der Waals surface area contributed by atoms with Gasteiger partial charge >= 0.3 is 0 Å². The Bertz CT molecular complexity index is 2790. The van der Waals surface area contributed by atoms with Crippen molar-refractivity contribution in [3.8, 4) is 23.0 Å². The van der Waals surface area contributed by atoms with Gasteiger partial charge in [0.1, 0.15) is 23.0 Å². The van der Waals surface area contributed by atoms with Gasteiger partial charge in [0, 0.05) is 25.7 Å². The Morgan fingerprint density at radius 2 is 0.735 bits per heavy atom. The number of amides is 4. The first-order chi connectivity index (χ1) is 39.8. The molecule has 0 radical (unpaired) electrons. The first-order valence-electron chi connectivity index (χ1n) is 28.4. The maximum Gasteiger partial charge on any atom is 0.255 e. The summed E-state index contributed by atoms with van der Waals surface area (Å²) in [4.78, 5) is 104. The molecule has 4 aromatic carbocycles. The van der Waals surface area contributed by atoms with Crippen molar-refractivity contribution >= 4 is 46.8 Å². The fraction of sp³-hybridized carbons (Fsp3) is 0.484. The van der Waals surface area contributed by atoms with Gasteiger partial charge in [-0.05, 0) is 169 Å². The van der Waals surface area contributed by atoms with Crippen molar-refractivity contribution in [2.45, 2.75) is 141 Å². The molecule has 15 N–H and O–H groups in total. The zero-order chi connectivity index (χ0) is 61.4. The van der Waals surface area contributed by atoms with Crippen LogP contribution in [-0.4, -0.2) is 126 Å². The highest BCUT2D eigenvalue weighted by Gasteiger charge is 2.28. The molecular weight excluding hydrogens is 1060 g/mol. The summed E-state index contributed by atoms with van der Waals surface area (Å²) < 4.78 is 21.3. The van der Waals surface area contributed by atoms with Crippen LogP contribution in [0.4, 0.5) is 0 Å². The van der Waals surface area contributed by atoms with Crippen LogP contribution in [0.5, 0.6) is 23.0 Å². The van der Waals surface area contributed by atoms with Gasteiger partial charge in [-0.3, -0.25) is 38.4 Å². The number of rotatable bonds is 38. The number of carbonyl (C=O) groups is 8. The summed E-state index contributed by atoms with van der Waals surface area (Å²) in [7, 11) is 5.81. The minimum atomic E-state index is -0.872. The van der Waals surface area contributed by atoms with E-state index >= 15 is 0 Å². The highest BCUT2D eigenvalue weighted by atomic mass is 16.5. The number of ketones is 4. The monoisotopic (exact) mass is 1150 g/mol. The molecular formula is C62H89N9O12. The summed E-state index contributed by atoms with van der Waals surface area (Å²) in [6.45, 7) is 5.57. The van der Waals surface area contributed by atoms with Crippen LogP contribution in [0, 0.1) is 6.92 Å². The maximum atomic E-state index is 13.8. The quantitative estimate of drug-likeness (QED) is 0.0275. The van der Waals surface area contributed by atoms with Crippen LogP contribution in [0.1, 0.15) is 154 Å². The number of aryl methyl sites for hydroxylation is 1. The van der Waals surface area contributed by atoms with E-state index < -0.39 is 41.9 Å². The molecule has 4 atom stereocenters. The van der Waals surface area contributed by atoms with Gasteiger partial charge in [-0.25, -0.2) is 0 Å². The number of primary amides is 1. The number of ether oxygens (including phenoxy) is 4. The van der Waals surface area contributed by atoms with E-state index in [1.165, 1.54) is 28.4 Å². The van der Waals surface area contributed by atoms with Gasteiger partial charge in [-0.1, -0.05) is 43.2 Å². The summed E-state index contributed by atoms with van der Waals surface area (Å²) in [5, 5.41) is 8.56. The van der Waals surface area contributed by atoms with Crippen molar-refractivity contribution in [1.82, 2.24) is 16.0 Å². The molecule has 0 unspecified atom stereocenters. The lowest BCUT2D eigenvalue weighted by molar-refractivity contribution is -0.121. The zero-order valence-electron chi connectivity index (χ0n) is 49.2. The Balaban J connectivity index is 0.000000483. The summed E-state index contributed by atoms with van der Waals surface area (Å²) in [5.41, 5.74) is 37.6. The van der Waals surface area contributed by atoms with E-state index in [0.717, 1.165) is 31.2 Å². The molecule has 0 saturated carbocycles. The van der Waals surface area contributed by atoms with Gasteiger partial charge < -0.3 is 69.3 Å². The van der Waals surface area contributed by atoms with E-state index in [2.05, 4.69) is 16.0 Å². The van der Waals surface area contributed by atoms with Crippen molar-refractivity contribution in [2.75, 3.05) is 54.6 Å². The standard InChI is InChI=1S/C38H58N6O7.C24H31N3O5/c1-4-32(45)30(12-6-9-19-40)43-37(48)28-22-26(15-17-36(28)51-3)24-34(47)31(13-7-10-20-41)44-38(49)27-21-25(14-16-35(27)50-2)23-33(46)29(42)11-5-8-18-39;1-15-7-9-22(32-3)18(12-15)24(30)27-19(6-4-5-11-25)20(28)14-16-8-10-21(31-2)17(13-16)23(26)29/h14-17,21-22,29-31H,4-13,18-20,23-24,39-42H2,1-3H3,(H,43,48)(H,44,49);7-10,12-13,19H,4-6,11,14,25H2,1-3H3,(H2,26,29)(H,27,30)/t29-,30-,31-;19-/m00/s1. The summed E-state index contributed by atoms with van der Waals surface area (Å²) in [6.07, 6.45) is 7.68. The lowest BCUT2D eigenvalue weighted by atomic mass is 9.96. The van der Waals surface area contributed by atoms with E-state index in [0.29, 0.717) is 117 Å². The molecule has 0 bridgehead atoms. The Labute approximate surface area is 488 Å². The minimum absolute atomic E-state index is 0.0306. The molecule has 21 nitrogen and oxygen atoms in total. The van der Waals surface area contributed by atoms with Gasteiger partial charge in [0.15, 0.2) is 23.1 Å². The highest BCUT2D eigenvalue weighted by Crippen LogP contribution is 2.26. The van der Waals surface area contributed by atoms with Crippen LogP contribution in [0.25, 0.3) is 0 Å². The molecule has 0 aliphatic heterocycles. The molecule has 0 heterocycles. The Kier molecular flexibility index (Phi) is 31.5. The molecule has 0 aliphatic rings. The van der Waals surface area contributed by atoms with E-state index in [1.54, 1.807) is 73.7 Å². The molecule has 4 amide bonds. The van der Waals surface area contributed by atoms with Crippen LogP contribution >= 0.6 is 0 Å². The normalized spacial score (nSPS) is 12.3. The van der Waals surface area contributed by atoms with E-state index in [9.17, 15) is 38.4 Å². The third-order valence-electron chi connectivity index (χ3n) is 13.9. The number of benzene rings is 4. The predicted molar refractivity (Wildman–Crippen MR) is 320 cm³/mol. The Morgan fingerprint density at radius 3 is 1.08 bits per heavy atom. The molecule has 4 aromatic rings. The highest BCUT2D eigenvalue weighted by molar-refractivity contribution is 6.03. The fourth-order valence-corrected chi connectivity index (χ4v) is 9.17. The first-order valence-corrected chi connectivity index (χ1v) is 28.4. The van der Waals surface area contributed by atoms with Crippen LogP contribution in [0.3, 0.4) is 0 Å². The van der Waals surface area contributed by atoms with Crippen molar-refractivity contribution in [1.29, 1.82) is 0 Å². The molecule has 0 aliphatic carbocycles. The zero-order valence-corrected chi connectivity index (χ0v) is 49.2. The second-order valence-electron chi connectivity index (χ2n) is 20.2. The molecule has 0 saturated heterocycles. The maximum absolute atomic E-state index is 13.8. The summed E-state index contributed by atoms with van der Waals surface area (Å²) >= 11 is 0. The van der Waals surface area contributed by atoms with Gasteiger partial charge in [0.05, 0.1) is 74.9 Å². The van der Waals surface area contributed by atoms with E-state index in [-0.39, 0.29) is 77.2 Å². The average Bonchev–Trinajstić information content (AvgIpc) is 3.69. The fourth-order valence-electron chi connectivity index (χ4n) is 9.17. The van der Waals surface area contributed by atoms with Crippen molar-refractivity contribution in [3.63, 3.8) is 0 Å². The van der Waals surface area contributed by atoms with Crippen molar-refractivity contribution in [3.05, 3.63) is 117 Å². The number of nitrogens with two attached hydrogens (primary N) is 6. The lowest BCUT2D eigenvalue weighted by Crippen LogP contribution is -2.42. The molecule has 0 spiro atoms. The van der Waals surface area contributed by atoms with Gasteiger partial charge in [0.2, 0.25) is 0 Å². The minimum Gasteiger partial charge on any atom is -0.496 e. The number of Topliss-reactive ketones (excluding diaryl/α,β-unsaturated/α-hetero) is 4. The molecule has 0 aromatic heterocycles. The van der Waals surface area contributed by atoms with Crippen molar-refractivity contribution in [2.24, 2.45) is 34.4 Å². The predicted octanol–water partition coefficient (Wildman–Crippen LogP) is 4.67. The lowest BCUT2D eigenvalue weighted by Gasteiger charge is -2.20. The third kappa shape index (κ3) is 23.0. The Hall–Kier alpha value is -7.56. The topological polar surface area (TPSA) is 366 Å². The molecule has 454 valence electrons. The van der Waals surface area contributed by atoms with Crippen LogP contribution in [0.2, 0.25) is 0 Å². The van der Waals surface area contributed by atoms with Gasteiger partial charge in [-0.15, -0.1) is 0 Å². The second kappa shape index (κ2) is 37.5. The van der Waals surface area contributed by atoms with E-state index in [1.807, 2.05) is 13.0 Å². The number of carbonyl (C=O) groups excluding carboxylic acids is 8. The van der Waals surface area contributed by atoms with Crippen LogP contribution in [0.15, 0.2) is 72.8 Å². The summed E-state index contributed by atoms with van der Waals surface area (Å²) in [5.74, 6) is -1.38. The number of nitrogens with one attached hydrogen (secondary N) is 3. The SMILES string of the molecule is CCC(=O)[C@H](CCCCN)NC(=O)c1cc(CC(=O)[C@H](CCCCN)NC(=O)c2cc(CC(=O)[C@@H](N)CCCCN)ccc2OC)ccc1OC.COc1ccc(CC(=O)[C@H](CCCCN)NC(=O)c2cc(C)ccc2OC)cc1C(N)=O. The molecule has 0 fully saturated rings. The summed E-state index contributed by atoms with van der Waals surface area (Å²) in [6, 6.07) is 17.0. The Morgan fingerprint density at radius 1 is 0.422 bits per heavy atom. The number of unbranched alkanes of at least 4 members (excludes halogenated alkanes) is 4. The number of methoxy groups -OCH3 is 4. The largest absolute Gasteiger partial charge is 0.496 e. The van der Waals surface area contributed by atoms with Crippen molar-refractivity contribution < 1.29 is 57.3 Å². The first kappa shape index (κ1) is 69.7. The van der Waals surface area contributed by atoms with Gasteiger partial charge in [0.25, 0.3) is 23.6 Å². The molecule has 4 rings (SSSR count).